The van der Waals surface area contributed by atoms with Gasteiger partial charge in [-0.05, 0) is 30.2 Å². The van der Waals surface area contributed by atoms with Crippen LogP contribution in [0.4, 0.5) is 32.3 Å². The van der Waals surface area contributed by atoms with E-state index in [1.165, 1.54) is 18.5 Å². The molecular weight excluding hydrogens is 500 g/mol. The lowest BCUT2D eigenvalue weighted by Gasteiger charge is -2.26. The lowest BCUT2D eigenvalue weighted by atomic mass is 10.0. The fraction of sp³-hybridized carbons (Fsp3) is 0.333. The van der Waals surface area contributed by atoms with Gasteiger partial charge in [-0.15, -0.1) is 11.3 Å². The maximum absolute atomic E-state index is 12.8. The van der Waals surface area contributed by atoms with E-state index in [0.717, 1.165) is 16.2 Å². The predicted molar refractivity (Wildman–Crippen MR) is 115 cm³/mol. The molecule has 0 amide bonds. The first-order chi connectivity index (χ1) is 16.5. The molecule has 0 atom stereocenters. The molecule has 0 unspecified atom stereocenters. The Kier molecular flexibility index (Phi) is 6.83. The lowest BCUT2D eigenvalue weighted by molar-refractivity contribution is -0.154. The lowest BCUT2D eigenvalue weighted by Crippen LogP contribution is -2.34. The summed E-state index contributed by atoms with van der Waals surface area (Å²) in [6, 6.07) is 6.82. The van der Waals surface area contributed by atoms with Crippen LogP contribution < -0.4 is 15.3 Å². The van der Waals surface area contributed by atoms with Gasteiger partial charge in [-0.3, -0.25) is 4.57 Å². The van der Waals surface area contributed by atoms with E-state index in [9.17, 15) is 31.1 Å². The molecule has 0 aliphatic carbocycles. The van der Waals surface area contributed by atoms with E-state index in [4.69, 9.17) is 4.74 Å². The molecule has 4 rings (SSSR count). The van der Waals surface area contributed by atoms with Crippen LogP contribution in [0.15, 0.2) is 47.5 Å². The average Bonchev–Trinajstić information content (AvgIpc) is 3.28. The Morgan fingerprint density at radius 1 is 1.06 bits per heavy atom. The highest BCUT2D eigenvalue weighted by molar-refractivity contribution is 7.12. The van der Waals surface area contributed by atoms with Gasteiger partial charge in [0.1, 0.15) is 11.2 Å². The number of ether oxygens (including phenoxy) is 1. The molecule has 0 saturated carbocycles. The highest BCUT2D eigenvalue weighted by Crippen LogP contribution is 2.34. The van der Waals surface area contributed by atoms with Crippen LogP contribution in [0.5, 0.6) is 5.88 Å². The number of nitrogens with zero attached hydrogens (tertiary/aromatic N) is 5. The topological polar surface area (TPSA) is 73.1 Å². The molecule has 186 valence electrons. The number of halogens is 6. The van der Waals surface area contributed by atoms with E-state index in [0.29, 0.717) is 41.4 Å². The first-order valence-corrected chi connectivity index (χ1v) is 11.0. The molecule has 0 spiro atoms. The van der Waals surface area contributed by atoms with Crippen molar-refractivity contribution in [1.29, 1.82) is 0 Å². The van der Waals surface area contributed by atoms with E-state index in [-0.39, 0.29) is 18.4 Å². The molecular formula is C21H17F6N5O2S. The second-order valence-electron chi connectivity index (χ2n) is 7.52. The van der Waals surface area contributed by atoms with Crippen molar-refractivity contribution in [2.75, 3.05) is 24.6 Å². The number of rotatable bonds is 6. The van der Waals surface area contributed by atoms with Crippen LogP contribution in [0.3, 0.4) is 0 Å². The van der Waals surface area contributed by atoms with Crippen LogP contribution >= 0.6 is 11.3 Å². The Bertz CT molecular complexity index is 1280. The smallest absolute Gasteiger partial charge is 0.425 e. The summed E-state index contributed by atoms with van der Waals surface area (Å²) in [4.78, 5) is 25.9. The van der Waals surface area contributed by atoms with Gasteiger partial charge in [-0.1, -0.05) is 12.1 Å². The van der Waals surface area contributed by atoms with Gasteiger partial charge in [-0.2, -0.15) is 31.3 Å². The van der Waals surface area contributed by atoms with E-state index in [1.54, 1.807) is 23.1 Å². The summed E-state index contributed by atoms with van der Waals surface area (Å²) < 4.78 is 81.2. The van der Waals surface area contributed by atoms with Crippen LogP contribution in [0.2, 0.25) is 0 Å². The largest absolute Gasteiger partial charge is 0.468 e. The van der Waals surface area contributed by atoms with Crippen molar-refractivity contribution >= 4 is 22.9 Å². The molecule has 1 aliphatic rings. The second-order valence-corrected chi connectivity index (χ2v) is 8.69. The number of aromatic nitrogens is 4. The Morgan fingerprint density at radius 3 is 2.49 bits per heavy atom. The van der Waals surface area contributed by atoms with Crippen LogP contribution in [-0.4, -0.2) is 45.4 Å². The fourth-order valence-corrected chi connectivity index (χ4v) is 4.18. The third-order valence-corrected chi connectivity index (χ3v) is 6.06. The average molecular weight is 517 g/mol. The third kappa shape index (κ3) is 6.38. The van der Waals surface area contributed by atoms with Gasteiger partial charge in [0.2, 0.25) is 11.8 Å². The van der Waals surface area contributed by atoms with E-state index >= 15 is 0 Å². The number of thiophene rings is 1. The first kappa shape index (κ1) is 24.7. The monoisotopic (exact) mass is 517 g/mol. The minimum atomic E-state index is -4.47. The summed E-state index contributed by atoms with van der Waals surface area (Å²) in [5.74, 6) is 0.0297. The number of hydrogen-bond donors (Lipinski definition) is 0. The zero-order chi connectivity index (χ0) is 25.2. The Hall–Kier alpha value is -3.42. The van der Waals surface area contributed by atoms with Crippen molar-refractivity contribution in [3.05, 3.63) is 68.7 Å². The summed E-state index contributed by atoms with van der Waals surface area (Å²) >= 11 is 0.550. The van der Waals surface area contributed by atoms with Crippen LogP contribution in [0.1, 0.15) is 21.9 Å². The van der Waals surface area contributed by atoms with Crippen LogP contribution in [-0.2, 0) is 12.7 Å². The molecule has 0 saturated heterocycles. The van der Waals surface area contributed by atoms with Gasteiger partial charge >= 0.3 is 18.0 Å². The number of hydrogen-bond acceptors (Lipinski definition) is 7. The Balaban J connectivity index is 1.41. The number of pyridine rings is 1. The molecule has 14 heteroatoms. The van der Waals surface area contributed by atoms with Gasteiger partial charge < -0.3 is 9.64 Å². The minimum absolute atomic E-state index is 0.0810. The predicted octanol–water partition coefficient (Wildman–Crippen LogP) is 4.40. The number of anilines is 1. The molecule has 0 radical (unpaired) electrons. The van der Waals surface area contributed by atoms with E-state index in [2.05, 4.69) is 15.0 Å². The Morgan fingerprint density at radius 2 is 1.86 bits per heavy atom. The zero-order valence-corrected chi connectivity index (χ0v) is 18.6. The van der Waals surface area contributed by atoms with Crippen molar-refractivity contribution in [3.8, 4) is 5.88 Å². The van der Waals surface area contributed by atoms with Gasteiger partial charge in [0.25, 0.3) is 0 Å². The number of alkyl halides is 6. The molecule has 1 aliphatic heterocycles. The van der Waals surface area contributed by atoms with Gasteiger partial charge in [0, 0.05) is 24.0 Å². The van der Waals surface area contributed by atoms with Gasteiger partial charge in [0.05, 0.1) is 12.2 Å². The van der Waals surface area contributed by atoms with Crippen molar-refractivity contribution < 1.29 is 31.1 Å². The van der Waals surface area contributed by atoms with Gasteiger partial charge in [-0.25, -0.2) is 14.8 Å². The maximum Gasteiger partial charge on any atom is 0.425 e. The SMILES string of the molecule is O=c1nc(N2CC=C(c3cccc(OCC(F)(F)F)n3)CC2)ncn1Cc1ccc(C(F)(F)F)s1. The molecule has 3 aromatic heterocycles. The molecule has 0 aromatic carbocycles. The molecule has 0 bridgehead atoms. The van der Waals surface area contributed by atoms with Gasteiger partial charge in [0.15, 0.2) is 6.61 Å². The summed E-state index contributed by atoms with van der Waals surface area (Å²) in [5, 5.41) is 0. The third-order valence-electron chi connectivity index (χ3n) is 4.95. The molecule has 3 aromatic rings. The van der Waals surface area contributed by atoms with Crippen molar-refractivity contribution in [1.82, 2.24) is 19.5 Å². The zero-order valence-electron chi connectivity index (χ0n) is 17.8. The summed E-state index contributed by atoms with van der Waals surface area (Å²) in [7, 11) is 0. The molecule has 4 heterocycles. The Labute approximate surface area is 198 Å². The van der Waals surface area contributed by atoms with Crippen molar-refractivity contribution in [2.45, 2.75) is 25.3 Å². The standard InChI is InChI=1S/C21H17F6N5O2S/c22-20(23,24)11-34-17-3-1-2-15(29-17)13-6-8-31(9-7-13)18-28-12-32(19(33)30-18)10-14-4-5-16(35-14)21(25,26)27/h1-6,12H,7-11H2. The molecule has 0 N–H and O–H groups in total. The minimum Gasteiger partial charge on any atom is -0.468 e. The van der Waals surface area contributed by atoms with E-state index in [1.807, 2.05) is 0 Å². The summed E-state index contributed by atoms with van der Waals surface area (Å²) in [6.07, 6.45) is -5.40. The highest BCUT2D eigenvalue weighted by atomic mass is 32.1. The van der Waals surface area contributed by atoms with Crippen LogP contribution in [0, 0.1) is 0 Å². The first-order valence-electron chi connectivity index (χ1n) is 10.2. The van der Waals surface area contributed by atoms with E-state index < -0.39 is 29.5 Å². The normalized spacial score (nSPS) is 14.7. The maximum atomic E-state index is 12.8. The van der Waals surface area contributed by atoms with Crippen LogP contribution in [0.25, 0.3) is 5.57 Å². The summed E-state index contributed by atoms with van der Waals surface area (Å²) in [5.41, 5.74) is 0.628. The molecule has 7 nitrogen and oxygen atoms in total. The second kappa shape index (κ2) is 9.68. The van der Waals surface area contributed by atoms with Crippen molar-refractivity contribution in [2.24, 2.45) is 0 Å². The molecule has 35 heavy (non-hydrogen) atoms. The molecule has 0 fully saturated rings. The fourth-order valence-electron chi connectivity index (χ4n) is 3.31. The summed E-state index contributed by atoms with van der Waals surface area (Å²) in [6.45, 7) is -0.768. The highest BCUT2D eigenvalue weighted by Gasteiger charge is 2.32. The van der Waals surface area contributed by atoms with Crippen molar-refractivity contribution in [3.63, 3.8) is 0 Å². The quantitative estimate of drug-likeness (QED) is 0.452.